The molecule has 3 amide bonds. The lowest BCUT2D eigenvalue weighted by atomic mass is 10.0. The third-order valence-corrected chi connectivity index (χ3v) is 4.81. The van der Waals surface area contributed by atoms with Crippen LogP contribution in [0.4, 0.5) is 0 Å². The predicted molar refractivity (Wildman–Crippen MR) is 84.7 cm³/mol. The average Bonchev–Trinajstić information content (AvgIpc) is 3.12. The predicted octanol–water partition coefficient (Wildman–Crippen LogP) is 0.237. The Morgan fingerprint density at radius 2 is 1.91 bits per heavy atom. The average molecular weight is 315 g/mol. The summed E-state index contributed by atoms with van der Waals surface area (Å²) in [6.07, 6.45) is 3.19. The molecule has 0 radical (unpaired) electrons. The van der Waals surface area contributed by atoms with Crippen molar-refractivity contribution in [2.24, 2.45) is 11.7 Å². The Morgan fingerprint density at radius 3 is 2.61 bits per heavy atom. The lowest BCUT2D eigenvalue weighted by molar-refractivity contribution is -0.128. The van der Waals surface area contributed by atoms with Crippen molar-refractivity contribution in [2.75, 3.05) is 13.1 Å². The molecule has 1 aromatic rings. The van der Waals surface area contributed by atoms with E-state index in [1.165, 1.54) is 18.1 Å². The number of nitrogens with one attached hydrogen (secondary N) is 1. The van der Waals surface area contributed by atoms with Crippen LogP contribution in [0.25, 0.3) is 0 Å². The normalized spacial score (nSPS) is 22.7. The van der Waals surface area contributed by atoms with E-state index in [1.54, 1.807) is 4.90 Å². The third-order valence-electron chi connectivity index (χ3n) is 4.81. The Bertz CT molecular complexity index is 671. The number of rotatable bonds is 3. The smallest absolute Gasteiger partial charge is 0.251 e. The number of carbonyl (C=O) groups excluding carboxylic acids is 3. The van der Waals surface area contributed by atoms with Gasteiger partial charge in [-0.25, -0.2) is 0 Å². The number of likely N-dealkylation sites (tertiary alicyclic amines) is 1. The van der Waals surface area contributed by atoms with Crippen LogP contribution in [0, 0.1) is 5.92 Å². The first kappa shape index (κ1) is 15.5. The number of nitrogens with zero attached hydrogens (tertiary/aromatic N) is 1. The second-order valence-corrected chi connectivity index (χ2v) is 6.35. The molecular formula is C17H21N3O3. The first-order valence-corrected chi connectivity index (χ1v) is 7.93. The quantitative estimate of drug-likeness (QED) is 0.836. The highest BCUT2D eigenvalue weighted by Crippen LogP contribution is 2.23. The van der Waals surface area contributed by atoms with E-state index in [0.717, 1.165) is 19.3 Å². The molecule has 1 fully saturated rings. The van der Waals surface area contributed by atoms with Crippen molar-refractivity contribution in [3.63, 3.8) is 0 Å². The lowest BCUT2D eigenvalue weighted by Crippen LogP contribution is -2.44. The Labute approximate surface area is 135 Å². The Balaban J connectivity index is 1.73. The van der Waals surface area contributed by atoms with Gasteiger partial charge in [-0.15, -0.1) is 0 Å². The molecule has 1 saturated heterocycles. The van der Waals surface area contributed by atoms with Crippen LogP contribution < -0.4 is 11.1 Å². The van der Waals surface area contributed by atoms with Crippen molar-refractivity contribution in [3.05, 3.63) is 34.9 Å². The van der Waals surface area contributed by atoms with E-state index >= 15 is 0 Å². The summed E-state index contributed by atoms with van der Waals surface area (Å²) >= 11 is 0. The molecule has 1 aromatic carbocycles. The molecule has 1 aliphatic heterocycles. The zero-order valence-electron chi connectivity index (χ0n) is 13.2. The summed E-state index contributed by atoms with van der Waals surface area (Å²) in [5.41, 5.74) is 8.53. The van der Waals surface area contributed by atoms with Crippen LogP contribution in [0.3, 0.4) is 0 Å². The zero-order chi connectivity index (χ0) is 16.6. The summed E-state index contributed by atoms with van der Waals surface area (Å²) in [6.45, 7) is 2.03. The minimum atomic E-state index is -0.544. The summed E-state index contributed by atoms with van der Waals surface area (Å²) in [4.78, 5) is 37.1. The zero-order valence-corrected chi connectivity index (χ0v) is 13.2. The minimum Gasteiger partial charge on any atom is -0.369 e. The maximum Gasteiger partial charge on any atom is 0.251 e. The van der Waals surface area contributed by atoms with Crippen LogP contribution in [0.5, 0.6) is 0 Å². The summed E-state index contributed by atoms with van der Waals surface area (Å²) in [5, 5.41) is 2.87. The number of benzene rings is 1. The SMILES string of the molecule is CC(=O)N1C[C@H](NC(=O)c2ccc3c(c2)CCC3)[C@H](C(N)=O)C1. The molecule has 2 aliphatic rings. The fourth-order valence-electron chi connectivity index (χ4n) is 3.46. The number of nitrogens with two attached hydrogens (primary N) is 1. The van der Waals surface area contributed by atoms with Crippen molar-refractivity contribution < 1.29 is 14.4 Å². The Kier molecular flexibility index (Phi) is 4.07. The van der Waals surface area contributed by atoms with Crippen LogP contribution in [-0.4, -0.2) is 41.8 Å². The van der Waals surface area contributed by atoms with Gasteiger partial charge in [-0.3, -0.25) is 14.4 Å². The van der Waals surface area contributed by atoms with Gasteiger partial charge in [0.2, 0.25) is 11.8 Å². The molecule has 0 saturated carbocycles. The molecule has 2 atom stereocenters. The van der Waals surface area contributed by atoms with E-state index in [1.807, 2.05) is 18.2 Å². The highest BCUT2D eigenvalue weighted by Gasteiger charge is 2.38. The molecule has 23 heavy (non-hydrogen) atoms. The van der Waals surface area contributed by atoms with Crippen LogP contribution in [-0.2, 0) is 22.4 Å². The van der Waals surface area contributed by atoms with Gasteiger partial charge in [0.25, 0.3) is 5.91 Å². The number of hydrogen-bond acceptors (Lipinski definition) is 3. The van der Waals surface area contributed by atoms with E-state index in [4.69, 9.17) is 5.73 Å². The molecule has 0 aromatic heterocycles. The van der Waals surface area contributed by atoms with Crippen molar-refractivity contribution in [2.45, 2.75) is 32.2 Å². The van der Waals surface area contributed by atoms with Crippen molar-refractivity contribution >= 4 is 17.7 Å². The fraction of sp³-hybridized carbons (Fsp3) is 0.471. The molecule has 0 spiro atoms. The van der Waals surface area contributed by atoms with Crippen molar-refractivity contribution in [1.82, 2.24) is 10.2 Å². The van der Waals surface area contributed by atoms with E-state index in [2.05, 4.69) is 5.32 Å². The van der Waals surface area contributed by atoms with Crippen molar-refractivity contribution in [3.8, 4) is 0 Å². The number of amides is 3. The number of primary amides is 1. The topological polar surface area (TPSA) is 92.5 Å². The monoisotopic (exact) mass is 315 g/mol. The third kappa shape index (κ3) is 3.06. The van der Waals surface area contributed by atoms with Gasteiger partial charge in [0.15, 0.2) is 0 Å². The van der Waals surface area contributed by atoms with Gasteiger partial charge < -0.3 is 16.0 Å². The summed E-state index contributed by atoms with van der Waals surface area (Å²) in [5.74, 6) is -1.38. The first-order valence-electron chi connectivity index (χ1n) is 7.93. The van der Waals surface area contributed by atoms with Crippen LogP contribution >= 0.6 is 0 Å². The summed E-state index contributed by atoms with van der Waals surface area (Å²) in [6, 6.07) is 5.31. The highest BCUT2D eigenvalue weighted by atomic mass is 16.2. The van der Waals surface area contributed by atoms with Crippen LogP contribution in [0.15, 0.2) is 18.2 Å². The molecule has 3 rings (SSSR count). The maximum atomic E-state index is 12.5. The van der Waals surface area contributed by atoms with E-state index in [0.29, 0.717) is 12.1 Å². The van der Waals surface area contributed by atoms with Gasteiger partial charge in [-0.1, -0.05) is 6.07 Å². The van der Waals surface area contributed by atoms with Gasteiger partial charge >= 0.3 is 0 Å². The molecule has 6 nitrogen and oxygen atoms in total. The van der Waals surface area contributed by atoms with Gasteiger partial charge in [-0.05, 0) is 42.5 Å². The fourth-order valence-corrected chi connectivity index (χ4v) is 3.46. The highest BCUT2D eigenvalue weighted by molar-refractivity contribution is 5.95. The molecule has 0 unspecified atom stereocenters. The largest absolute Gasteiger partial charge is 0.369 e. The number of fused-ring (bicyclic) bond motifs is 1. The summed E-state index contributed by atoms with van der Waals surface area (Å²) < 4.78 is 0. The molecule has 3 N–H and O–H groups in total. The van der Waals surface area contributed by atoms with Crippen LogP contribution in [0.1, 0.15) is 34.8 Å². The second kappa shape index (κ2) is 6.02. The standard InChI is InChI=1S/C17H21N3O3/c1-10(21)20-8-14(16(18)22)15(9-20)19-17(23)13-6-5-11-3-2-4-12(11)7-13/h5-7,14-15H,2-4,8-9H2,1H3,(H2,18,22)(H,19,23)/t14-,15+/m1/s1. The van der Waals surface area contributed by atoms with E-state index in [-0.39, 0.29) is 18.4 Å². The van der Waals surface area contributed by atoms with E-state index in [9.17, 15) is 14.4 Å². The number of hydrogen-bond donors (Lipinski definition) is 2. The van der Waals surface area contributed by atoms with Crippen LogP contribution in [0.2, 0.25) is 0 Å². The molecule has 122 valence electrons. The maximum absolute atomic E-state index is 12.5. The molecule has 1 heterocycles. The lowest BCUT2D eigenvalue weighted by Gasteiger charge is -2.17. The Morgan fingerprint density at radius 1 is 1.17 bits per heavy atom. The van der Waals surface area contributed by atoms with Gasteiger partial charge in [0.1, 0.15) is 0 Å². The van der Waals surface area contributed by atoms with E-state index < -0.39 is 17.9 Å². The molecule has 6 heteroatoms. The van der Waals surface area contributed by atoms with Crippen molar-refractivity contribution in [1.29, 1.82) is 0 Å². The first-order chi connectivity index (χ1) is 11.0. The molecule has 0 bridgehead atoms. The second-order valence-electron chi connectivity index (χ2n) is 6.35. The van der Waals surface area contributed by atoms with Gasteiger partial charge in [0, 0.05) is 25.6 Å². The summed E-state index contributed by atoms with van der Waals surface area (Å²) in [7, 11) is 0. The minimum absolute atomic E-state index is 0.120. The van der Waals surface area contributed by atoms with Gasteiger partial charge in [-0.2, -0.15) is 0 Å². The van der Waals surface area contributed by atoms with Gasteiger partial charge in [0.05, 0.1) is 12.0 Å². The number of carbonyl (C=O) groups is 3. The Hall–Kier alpha value is -2.37. The molecule has 1 aliphatic carbocycles. The molecular weight excluding hydrogens is 294 g/mol. The number of aryl methyl sites for hydroxylation is 2.